The second kappa shape index (κ2) is 5.60. The van der Waals surface area contributed by atoms with Crippen LogP contribution in [-0.4, -0.2) is 47.1 Å². The molecule has 2 rings (SSSR count). The maximum atomic E-state index is 11.6. The fourth-order valence-corrected chi connectivity index (χ4v) is 1.78. The first-order valence-electron chi connectivity index (χ1n) is 5.60. The average molecular weight is 224 g/mol. The molecule has 2 heterocycles. The lowest BCUT2D eigenvalue weighted by Gasteiger charge is -2.15. The predicted octanol–water partition coefficient (Wildman–Crippen LogP) is -0.176. The van der Waals surface area contributed by atoms with Crippen molar-refractivity contribution in [1.29, 1.82) is 0 Å². The summed E-state index contributed by atoms with van der Waals surface area (Å²) in [6, 6.07) is 0. The third kappa shape index (κ3) is 3.03. The van der Waals surface area contributed by atoms with E-state index in [4.69, 9.17) is 0 Å². The van der Waals surface area contributed by atoms with Crippen LogP contribution in [0.15, 0.2) is 10.9 Å². The van der Waals surface area contributed by atoms with Gasteiger partial charge in [0.1, 0.15) is 0 Å². The molecule has 1 saturated heterocycles. The molecule has 6 heteroatoms. The van der Waals surface area contributed by atoms with E-state index in [0.717, 1.165) is 25.9 Å². The summed E-state index contributed by atoms with van der Waals surface area (Å²) in [5, 5.41) is 6.78. The van der Waals surface area contributed by atoms with Crippen LogP contribution in [0.2, 0.25) is 0 Å². The summed E-state index contributed by atoms with van der Waals surface area (Å²) >= 11 is 0. The zero-order chi connectivity index (χ0) is 11.2. The minimum atomic E-state index is 0.186. The summed E-state index contributed by atoms with van der Waals surface area (Å²) in [4.78, 5) is 17.4. The van der Waals surface area contributed by atoms with E-state index < -0.39 is 0 Å². The minimum absolute atomic E-state index is 0.186. The largest absolute Gasteiger partial charge is 0.343 e. The molecule has 1 fully saturated rings. The third-order valence-corrected chi connectivity index (χ3v) is 2.67. The number of amides is 1. The van der Waals surface area contributed by atoms with Crippen molar-refractivity contribution >= 4 is 5.91 Å². The lowest BCUT2D eigenvalue weighted by molar-refractivity contribution is -0.129. The Kier molecular flexibility index (Phi) is 3.87. The van der Waals surface area contributed by atoms with Crippen molar-refractivity contribution in [1.82, 2.24) is 20.4 Å². The molecule has 0 aliphatic carbocycles. The van der Waals surface area contributed by atoms with Crippen LogP contribution in [0.1, 0.15) is 18.7 Å². The highest BCUT2D eigenvalue weighted by Crippen LogP contribution is 2.06. The number of carbonyl (C=O) groups is 1. The summed E-state index contributed by atoms with van der Waals surface area (Å²) in [5.74, 6) is 0.853. The standard InChI is InChI=1S/C10H16N4O2/c15-10(14-5-1-2-6-14)7-11-4-3-9-12-8-16-13-9/h8,11H,1-7H2. The molecular formula is C10H16N4O2. The topological polar surface area (TPSA) is 71.3 Å². The van der Waals surface area contributed by atoms with Crippen molar-refractivity contribution in [3.05, 3.63) is 12.2 Å². The maximum absolute atomic E-state index is 11.6. The summed E-state index contributed by atoms with van der Waals surface area (Å²) in [6.07, 6.45) is 4.26. The Morgan fingerprint density at radius 3 is 3.00 bits per heavy atom. The quantitative estimate of drug-likeness (QED) is 0.703. The zero-order valence-electron chi connectivity index (χ0n) is 9.19. The molecule has 16 heavy (non-hydrogen) atoms. The van der Waals surface area contributed by atoms with E-state index in [-0.39, 0.29) is 5.91 Å². The Balaban J connectivity index is 1.59. The number of nitrogens with zero attached hydrogens (tertiary/aromatic N) is 3. The van der Waals surface area contributed by atoms with Crippen molar-refractivity contribution in [2.75, 3.05) is 26.2 Å². The average Bonchev–Trinajstić information content (AvgIpc) is 2.96. The SMILES string of the molecule is O=C(CNCCc1ncon1)N1CCCC1. The number of rotatable bonds is 5. The van der Waals surface area contributed by atoms with Crippen LogP contribution in [0.25, 0.3) is 0 Å². The van der Waals surface area contributed by atoms with Crippen LogP contribution in [0.4, 0.5) is 0 Å². The fraction of sp³-hybridized carbons (Fsp3) is 0.700. The van der Waals surface area contributed by atoms with Gasteiger partial charge in [0.15, 0.2) is 5.82 Å². The molecule has 0 atom stereocenters. The molecule has 0 unspecified atom stereocenters. The highest BCUT2D eigenvalue weighted by molar-refractivity contribution is 5.78. The monoisotopic (exact) mass is 224 g/mol. The summed E-state index contributed by atoms with van der Waals surface area (Å²) in [5.41, 5.74) is 0. The molecule has 0 saturated carbocycles. The molecule has 6 nitrogen and oxygen atoms in total. The molecule has 0 aromatic carbocycles. The van der Waals surface area contributed by atoms with Crippen LogP contribution in [0, 0.1) is 0 Å². The molecule has 0 radical (unpaired) electrons. The van der Waals surface area contributed by atoms with Gasteiger partial charge >= 0.3 is 0 Å². The van der Waals surface area contributed by atoms with Gasteiger partial charge in [-0.25, -0.2) is 0 Å². The van der Waals surface area contributed by atoms with Gasteiger partial charge in [0.25, 0.3) is 0 Å². The van der Waals surface area contributed by atoms with Gasteiger partial charge in [0.05, 0.1) is 6.54 Å². The Morgan fingerprint density at radius 1 is 1.50 bits per heavy atom. The first-order valence-corrected chi connectivity index (χ1v) is 5.60. The highest BCUT2D eigenvalue weighted by Gasteiger charge is 2.16. The molecule has 88 valence electrons. The van der Waals surface area contributed by atoms with E-state index in [2.05, 4.69) is 20.0 Å². The molecule has 1 aliphatic rings. The summed E-state index contributed by atoms with van der Waals surface area (Å²) in [6.45, 7) is 2.91. The van der Waals surface area contributed by atoms with Crippen LogP contribution in [-0.2, 0) is 11.2 Å². The van der Waals surface area contributed by atoms with Crippen molar-refractivity contribution in [2.24, 2.45) is 0 Å². The number of carbonyl (C=O) groups excluding carboxylic acids is 1. The molecule has 0 bridgehead atoms. The zero-order valence-corrected chi connectivity index (χ0v) is 9.19. The Bertz CT molecular complexity index is 320. The maximum Gasteiger partial charge on any atom is 0.236 e. The molecule has 1 aliphatic heterocycles. The van der Waals surface area contributed by atoms with Gasteiger partial charge in [0, 0.05) is 26.1 Å². The third-order valence-electron chi connectivity index (χ3n) is 2.67. The van der Waals surface area contributed by atoms with Crippen LogP contribution in [0.5, 0.6) is 0 Å². The van der Waals surface area contributed by atoms with E-state index in [1.165, 1.54) is 6.39 Å². The number of nitrogens with one attached hydrogen (secondary N) is 1. The van der Waals surface area contributed by atoms with Crippen LogP contribution >= 0.6 is 0 Å². The van der Waals surface area contributed by atoms with Crippen molar-refractivity contribution < 1.29 is 9.32 Å². The Labute approximate surface area is 94.0 Å². The van der Waals surface area contributed by atoms with Gasteiger partial charge in [-0.3, -0.25) is 4.79 Å². The lowest BCUT2D eigenvalue weighted by Crippen LogP contribution is -2.36. The second-order valence-corrected chi connectivity index (χ2v) is 3.86. The van der Waals surface area contributed by atoms with Gasteiger partial charge < -0.3 is 14.7 Å². The smallest absolute Gasteiger partial charge is 0.236 e. The van der Waals surface area contributed by atoms with E-state index in [1.807, 2.05) is 4.90 Å². The highest BCUT2D eigenvalue weighted by atomic mass is 16.5. The second-order valence-electron chi connectivity index (χ2n) is 3.86. The number of likely N-dealkylation sites (tertiary alicyclic amines) is 1. The van der Waals surface area contributed by atoms with E-state index in [9.17, 15) is 4.79 Å². The van der Waals surface area contributed by atoms with Crippen molar-refractivity contribution in [2.45, 2.75) is 19.3 Å². The van der Waals surface area contributed by atoms with Gasteiger partial charge in [-0.1, -0.05) is 5.16 Å². The fourth-order valence-electron chi connectivity index (χ4n) is 1.78. The Morgan fingerprint density at radius 2 is 2.31 bits per heavy atom. The van der Waals surface area contributed by atoms with Crippen LogP contribution < -0.4 is 5.32 Å². The van der Waals surface area contributed by atoms with Crippen LogP contribution in [0.3, 0.4) is 0 Å². The molecule has 1 amide bonds. The van der Waals surface area contributed by atoms with Gasteiger partial charge in [0.2, 0.25) is 12.3 Å². The lowest BCUT2D eigenvalue weighted by atomic mass is 10.4. The van der Waals surface area contributed by atoms with E-state index in [1.54, 1.807) is 0 Å². The van der Waals surface area contributed by atoms with Gasteiger partial charge in [-0.05, 0) is 12.8 Å². The number of aromatic nitrogens is 2. The van der Waals surface area contributed by atoms with E-state index in [0.29, 0.717) is 25.3 Å². The number of hydrogen-bond acceptors (Lipinski definition) is 5. The van der Waals surface area contributed by atoms with Gasteiger partial charge in [-0.15, -0.1) is 0 Å². The van der Waals surface area contributed by atoms with E-state index >= 15 is 0 Å². The first kappa shape index (κ1) is 11.1. The summed E-state index contributed by atoms with van der Waals surface area (Å²) in [7, 11) is 0. The number of hydrogen-bond donors (Lipinski definition) is 1. The minimum Gasteiger partial charge on any atom is -0.343 e. The molecule has 0 spiro atoms. The molecular weight excluding hydrogens is 208 g/mol. The summed E-state index contributed by atoms with van der Waals surface area (Å²) < 4.78 is 4.61. The van der Waals surface area contributed by atoms with Gasteiger partial charge in [-0.2, -0.15) is 4.98 Å². The Hall–Kier alpha value is -1.43. The van der Waals surface area contributed by atoms with Crippen molar-refractivity contribution in [3.63, 3.8) is 0 Å². The first-order chi connectivity index (χ1) is 7.86. The molecule has 1 N–H and O–H groups in total. The predicted molar refractivity (Wildman–Crippen MR) is 56.7 cm³/mol. The molecule has 1 aromatic heterocycles. The van der Waals surface area contributed by atoms with Crippen molar-refractivity contribution in [3.8, 4) is 0 Å². The molecule has 1 aromatic rings. The normalized spacial score (nSPS) is 15.6.